The molecule has 1 aromatic carbocycles. The van der Waals surface area contributed by atoms with E-state index in [0.717, 1.165) is 5.56 Å². The van der Waals surface area contributed by atoms with Crippen LogP contribution in [-0.4, -0.2) is 22.5 Å². The second-order valence-electron chi connectivity index (χ2n) is 4.46. The molecular formula is C12H14N2O3. The first-order valence-corrected chi connectivity index (χ1v) is 5.37. The molecule has 0 atom stereocenters. The van der Waals surface area contributed by atoms with Gasteiger partial charge in [0.2, 0.25) is 5.91 Å². The van der Waals surface area contributed by atoms with Crippen molar-refractivity contribution in [3.63, 3.8) is 0 Å². The van der Waals surface area contributed by atoms with Gasteiger partial charge in [-0.1, -0.05) is 11.6 Å². The van der Waals surface area contributed by atoms with Gasteiger partial charge in [-0.3, -0.25) is 4.79 Å². The molecule has 1 fully saturated rings. The van der Waals surface area contributed by atoms with Crippen LogP contribution in [0.5, 0.6) is 0 Å². The van der Waals surface area contributed by atoms with E-state index >= 15 is 0 Å². The summed E-state index contributed by atoms with van der Waals surface area (Å²) in [5.74, 6) is -1.38. The smallest absolute Gasteiger partial charge is 0.337 e. The Hall–Kier alpha value is -1.88. The van der Waals surface area contributed by atoms with Crippen LogP contribution in [0.3, 0.4) is 0 Å². The maximum Gasteiger partial charge on any atom is 0.337 e. The molecule has 90 valence electrons. The van der Waals surface area contributed by atoms with Crippen molar-refractivity contribution >= 4 is 17.6 Å². The lowest BCUT2D eigenvalue weighted by atomic mass is 10.1. The van der Waals surface area contributed by atoms with Crippen LogP contribution in [0.15, 0.2) is 18.2 Å². The topological polar surface area (TPSA) is 92.4 Å². The van der Waals surface area contributed by atoms with E-state index in [-0.39, 0.29) is 11.5 Å². The van der Waals surface area contributed by atoms with E-state index in [4.69, 9.17) is 10.8 Å². The average Bonchev–Trinajstić information content (AvgIpc) is 3.00. The van der Waals surface area contributed by atoms with Crippen LogP contribution in [-0.2, 0) is 4.79 Å². The highest BCUT2D eigenvalue weighted by atomic mass is 16.4. The molecule has 0 radical (unpaired) electrons. The SMILES string of the molecule is Cc1ccc(NC(=O)C2(N)CC2)c(C(=O)O)c1. The number of carboxylic acid groups (broad SMARTS) is 1. The minimum Gasteiger partial charge on any atom is -0.478 e. The number of nitrogens with two attached hydrogens (primary N) is 1. The summed E-state index contributed by atoms with van der Waals surface area (Å²) in [5.41, 5.74) is 6.14. The third-order valence-electron chi connectivity index (χ3n) is 2.89. The monoisotopic (exact) mass is 234 g/mol. The zero-order valence-electron chi connectivity index (χ0n) is 9.49. The van der Waals surface area contributed by atoms with E-state index in [2.05, 4.69) is 5.32 Å². The number of anilines is 1. The van der Waals surface area contributed by atoms with Gasteiger partial charge in [0.05, 0.1) is 16.8 Å². The summed E-state index contributed by atoms with van der Waals surface area (Å²) >= 11 is 0. The van der Waals surface area contributed by atoms with Crippen LogP contribution in [0.25, 0.3) is 0 Å². The molecule has 2 rings (SSSR count). The van der Waals surface area contributed by atoms with Gasteiger partial charge in [0, 0.05) is 0 Å². The summed E-state index contributed by atoms with van der Waals surface area (Å²) in [7, 11) is 0. The molecule has 5 heteroatoms. The van der Waals surface area contributed by atoms with Crippen molar-refractivity contribution < 1.29 is 14.7 Å². The molecule has 0 unspecified atom stereocenters. The number of aromatic carboxylic acids is 1. The molecule has 0 spiro atoms. The molecule has 0 aliphatic heterocycles. The Balaban J connectivity index is 2.26. The Morgan fingerprint density at radius 1 is 1.41 bits per heavy atom. The number of hydrogen-bond acceptors (Lipinski definition) is 3. The summed E-state index contributed by atoms with van der Waals surface area (Å²) in [5, 5.41) is 11.6. The summed E-state index contributed by atoms with van der Waals surface area (Å²) < 4.78 is 0. The van der Waals surface area contributed by atoms with Crippen molar-refractivity contribution in [1.82, 2.24) is 0 Å². The average molecular weight is 234 g/mol. The van der Waals surface area contributed by atoms with Gasteiger partial charge >= 0.3 is 5.97 Å². The second kappa shape index (κ2) is 3.85. The number of hydrogen-bond donors (Lipinski definition) is 3. The van der Waals surface area contributed by atoms with E-state index in [1.807, 2.05) is 0 Å². The van der Waals surface area contributed by atoms with Crippen molar-refractivity contribution in [2.24, 2.45) is 5.73 Å². The number of rotatable bonds is 3. The van der Waals surface area contributed by atoms with Gasteiger partial charge < -0.3 is 16.2 Å². The Labute approximate surface area is 98.6 Å². The molecule has 0 aromatic heterocycles. The number of amides is 1. The lowest BCUT2D eigenvalue weighted by molar-refractivity contribution is -0.118. The minimum absolute atomic E-state index is 0.0857. The van der Waals surface area contributed by atoms with Crippen molar-refractivity contribution in [3.8, 4) is 0 Å². The number of aryl methyl sites for hydroxylation is 1. The van der Waals surface area contributed by atoms with E-state index in [1.54, 1.807) is 19.1 Å². The lowest BCUT2D eigenvalue weighted by Gasteiger charge is -2.12. The fraction of sp³-hybridized carbons (Fsp3) is 0.333. The molecule has 5 nitrogen and oxygen atoms in total. The number of carbonyl (C=O) groups excluding carboxylic acids is 1. The highest BCUT2D eigenvalue weighted by Crippen LogP contribution is 2.33. The van der Waals surface area contributed by atoms with Gasteiger partial charge in [0.1, 0.15) is 0 Å². The van der Waals surface area contributed by atoms with Crippen molar-refractivity contribution in [2.45, 2.75) is 25.3 Å². The number of nitrogens with one attached hydrogen (secondary N) is 1. The molecule has 0 heterocycles. The highest BCUT2D eigenvalue weighted by Gasteiger charge is 2.46. The first kappa shape index (κ1) is 11.6. The van der Waals surface area contributed by atoms with Gasteiger partial charge in [-0.15, -0.1) is 0 Å². The molecule has 1 saturated carbocycles. The fourth-order valence-corrected chi connectivity index (χ4v) is 1.55. The molecule has 17 heavy (non-hydrogen) atoms. The van der Waals surface area contributed by atoms with Crippen molar-refractivity contribution in [3.05, 3.63) is 29.3 Å². The normalized spacial score (nSPS) is 16.4. The molecule has 1 aliphatic carbocycles. The Bertz CT molecular complexity index is 493. The second-order valence-corrected chi connectivity index (χ2v) is 4.46. The zero-order valence-corrected chi connectivity index (χ0v) is 9.49. The van der Waals surface area contributed by atoms with E-state index in [9.17, 15) is 9.59 Å². The summed E-state index contributed by atoms with van der Waals surface area (Å²) in [6.45, 7) is 1.79. The summed E-state index contributed by atoms with van der Waals surface area (Å²) in [6.07, 6.45) is 1.29. The largest absolute Gasteiger partial charge is 0.478 e. The zero-order chi connectivity index (χ0) is 12.6. The molecule has 1 amide bonds. The molecule has 1 aliphatic rings. The molecule has 0 saturated heterocycles. The number of benzene rings is 1. The quantitative estimate of drug-likeness (QED) is 0.730. The number of carbonyl (C=O) groups is 2. The van der Waals surface area contributed by atoms with E-state index in [1.165, 1.54) is 6.07 Å². The third-order valence-corrected chi connectivity index (χ3v) is 2.89. The highest BCUT2D eigenvalue weighted by molar-refractivity contribution is 6.04. The Morgan fingerprint density at radius 2 is 2.06 bits per heavy atom. The minimum atomic E-state index is -1.06. The van der Waals surface area contributed by atoms with Gasteiger partial charge in [0.15, 0.2) is 0 Å². The molecule has 0 bridgehead atoms. The third kappa shape index (κ3) is 2.29. The maximum absolute atomic E-state index is 11.7. The molecular weight excluding hydrogens is 220 g/mol. The van der Waals surface area contributed by atoms with Gasteiger partial charge in [-0.05, 0) is 31.9 Å². The van der Waals surface area contributed by atoms with Gasteiger partial charge in [0.25, 0.3) is 0 Å². The predicted molar refractivity (Wildman–Crippen MR) is 62.9 cm³/mol. The summed E-state index contributed by atoms with van der Waals surface area (Å²) in [6, 6.07) is 4.86. The molecule has 4 N–H and O–H groups in total. The van der Waals surface area contributed by atoms with Crippen molar-refractivity contribution in [1.29, 1.82) is 0 Å². The van der Waals surface area contributed by atoms with Gasteiger partial charge in [-0.2, -0.15) is 0 Å². The van der Waals surface area contributed by atoms with Crippen LogP contribution < -0.4 is 11.1 Å². The molecule has 1 aromatic rings. The Morgan fingerprint density at radius 3 is 2.59 bits per heavy atom. The first-order chi connectivity index (χ1) is 7.92. The fourth-order valence-electron chi connectivity index (χ4n) is 1.55. The van der Waals surface area contributed by atoms with E-state index in [0.29, 0.717) is 18.5 Å². The van der Waals surface area contributed by atoms with Crippen LogP contribution in [0.4, 0.5) is 5.69 Å². The maximum atomic E-state index is 11.7. The van der Waals surface area contributed by atoms with Crippen LogP contribution in [0.2, 0.25) is 0 Å². The van der Waals surface area contributed by atoms with Crippen LogP contribution in [0.1, 0.15) is 28.8 Å². The first-order valence-electron chi connectivity index (χ1n) is 5.37. The lowest BCUT2D eigenvalue weighted by Crippen LogP contribution is -2.38. The Kier molecular flexibility index (Phi) is 2.63. The van der Waals surface area contributed by atoms with Crippen molar-refractivity contribution in [2.75, 3.05) is 5.32 Å². The van der Waals surface area contributed by atoms with E-state index < -0.39 is 11.5 Å². The standard InChI is InChI=1S/C12H14N2O3/c1-7-2-3-9(8(6-7)10(15)16)14-11(17)12(13)4-5-12/h2-3,6H,4-5,13H2,1H3,(H,14,17)(H,15,16). The van der Waals surface area contributed by atoms with Gasteiger partial charge in [-0.25, -0.2) is 4.79 Å². The summed E-state index contributed by atoms with van der Waals surface area (Å²) in [4.78, 5) is 22.8. The van der Waals surface area contributed by atoms with Crippen LogP contribution in [0, 0.1) is 6.92 Å². The number of carboxylic acids is 1. The predicted octanol–water partition coefficient (Wildman–Crippen LogP) is 1.12. The van der Waals surface area contributed by atoms with Crippen LogP contribution >= 0.6 is 0 Å².